The molecule has 0 aliphatic carbocycles. The summed E-state index contributed by atoms with van der Waals surface area (Å²) in [5.41, 5.74) is 2.32. The largest absolute Gasteiger partial charge is 0.374 e. The van der Waals surface area contributed by atoms with Crippen molar-refractivity contribution in [2.24, 2.45) is 0 Å². The lowest BCUT2D eigenvalue weighted by atomic mass is 10.1. The molecule has 3 heterocycles. The van der Waals surface area contributed by atoms with Gasteiger partial charge in [-0.25, -0.2) is 9.97 Å². The normalized spacial score (nSPS) is 22.3. The summed E-state index contributed by atoms with van der Waals surface area (Å²) in [5.74, 6) is 1.95. The van der Waals surface area contributed by atoms with Crippen LogP contribution in [-0.4, -0.2) is 52.6 Å². The van der Waals surface area contributed by atoms with E-state index in [0.29, 0.717) is 19.6 Å². The molecule has 2 fully saturated rings. The molecule has 1 amide bonds. The number of benzene rings is 1. The predicted molar refractivity (Wildman–Crippen MR) is 108 cm³/mol. The quantitative estimate of drug-likeness (QED) is 0.798. The van der Waals surface area contributed by atoms with Crippen LogP contribution in [0, 0.1) is 6.92 Å². The first-order valence-corrected chi connectivity index (χ1v) is 10.2. The molecule has 148 valence electrons. The van der Waals surface area contributed by atoms with Crippen LogP contribution in [0.15, 0.2) is 36.5 Å². The highest BCUT2D eigenvalue weighted by Gasteiger charge is 2.42. The molecule has 2 saturated heterocycles. The van der Waals surface area contributed by atoms with Gasteiger partial charge in [-0.1, -0.05) is 43.7 Å². The lowest BCUT2D eigenvalue weighted by Gasteiger charge is -2.30. The van der Waals surface area contributed by atoms with Crippen LogP contribution in [0.25, 0.3) is 0 Å². The van der Waals surface area contributed by atoms with E-state index >= 15 is 0 Å². The van der Waals surface area contributed by atoms with Gasteiger partial charge < -0.3 is 14.5 Å². The highest BCUT2D eigenvalue weighted by molar-refractivity contribution is 5.77. The lowest BCUT2D eigenvalue weighted by molar-refractivity contribution is -0.133. The van der Waals surface area contributed by atoms with Gasteiger partial charge in [-0.2, -0.15) is 0 Å². The number of aryl methyl sites for hydroxylation is 2. The molecular weight excluding hydrogens is 352 g/mol. The predicted octanol–water partition coefficient (Wildman–Crippen LogP) is 2.74. The summed E-state index contributed by atoms with van der Waals surface area (Å²) in [5, 5.41) is 0. The number of aromatic nitrogens is 2. The van der Waals surface area contributed by atoms with Crippen molar-refractivity contribution in [3.8, 4) is 0 Å². The zero-order chi connectivity index (χ0) is 19.5. The van der Waals surface area contributed by atoms with Gasteiger partial charge in [-0.3, -0.25) is 4.79 Å². The van der Waals surface area contributed by atoms with Gasteiger partial charge >= 0.3 is 0 Å². The first-order chi connectivity index (χ1) is 13.7. The smallest absolute Gasteiger partial charge is 0.225 e. The van der Waals surface area contributed by atoms with Crippen LogP contribution in [0.5, 0.6) is 0 Å². The molecular formula is C22H28N4O2. The minimum Gasteiger partial charge on any atom is -0.374 e. The number of carbonyl (C=O) groups excluding carboxylic acids is 1. The van der Waals surface area contributed by atoms with Crippen molar-refractivity contribution in [1.29, 1.82) is 0 Å². The van der Waals surface area contributed by atoms with Crippen molar-refractivity contribution < 1.29 is 9.53 Å². The number of hydrogen-bond acceptors (Lipinski definition) is 5. The second-order valence-corrected chi connectivity index (χ2v) is 7.65. The molecule has 0 spiro atoms. The van der Waals surface area contributed by atoms with Gasteiger partial charge in [0.25, 0.3) is 0 Å². The van der Waals surface area contributed by atoms with Gasteiger partial charge in [0.2, 0.25) is 5.91 Å². The summed E-state index contributed by atoms with van der Waals surface area (Å²) in [6.45, 7) is 6.72. The molecule has 1 aromatic carbocycles. The van der Waals surface area contributed by atoms with Crippen LogP contribution in [0.4, 0.5) is 5.82 Å². The molecule has 2 atom stereocenters. The van der Waals surface area contributed by atoms with Crippen molar-refractivity contribution >= 4 is 11.7 Å². The van der Waals surface area contributed by atoms with E-state index in [1.807, 2.05) is 36.2 Å². The molecule has 1 aromatic heterocycles. The maximum atomic E-state index is 12.8. The number of fused-ring (bicyclic) bond motifs is 1. The summed E-state index contributed by atoms with van der Waals surface area (Å²) in [7, 11) is 0. The number of carbonyl (C=O) groups is 1. The first kappa shape index (κ1) is 18.9. The average molecular weight is 380 g/mol. The van der Waals surface area contributed by atoms with E-state index in [2.05, 4.69) is 28.9 Å². The zero-order valence-corrected chi connectivity index (χ0v) is 16.7. The summed E-state index contributed by atoms with van der Waals surface area (Å²) >= 11 is 0. The molecule has 0 bridgehead atoms. The van der Waals surface area contributed by atoms with Crippen LogP contribution in [0.3, 0.4) is 0 Å². The van der Waals surface area contributed by atoms with Gasteiger partial charge in [0.05, 0.1) is 25.2 Å². The standard InChI is InChI=1S/C22H28N4O2/c1-3-7-18-12-23-16(2)24-22(18)25-14-19-20(15-25)28-11-10-21(27)26(19)13-17-8-5-4-6-9-17/h4-6,8-9,12,19-20H,3,7,10-11,13-15H2,1-2H3/t19-,20-/m0/s1. The number of nitrogens with zero attached hydrogens (tertiary/aromatic N) is 4. The molecule has 0 N–H and O–H groups in total. The Hall–Kier alpha value is -2.47. The zero-order valence-electron chi connectivity index (χ0n) is 16.7. The fraction of sp³-hybridized carbons (Fsp3) is 0.500. The van der Waals surface area contributed by atoms with Crippen molar-refractivity contribution in [2.45, 2.75) is 51.8 Å². The Morgan fingerprint density at radius 3 is 2.82 bits per heavy atom. The average Bonchev–Trinajstić information content (AvgIpc) is 3.06. The van der Waals surface area contributed by atoms with E-state index in [1.165, 1.54) is 5.56 Å². The van der Waals surface area contributed by atoms with Crippen molar-refractivity contribution in [3.05, 3.63) is 53.5 Å². The third-order valence-corrected chi connectivity index (χ3v) is 5.58. The summed E-state index contributed by atoms with van der Waals surface area (Å²) < 4.78 is 6.10. The van der Waals surface area contributed by atoms with Gasteiger partial charge in [0, 0.05) is 31.4 Å². The third-order valence-electron chi connectivity index (χ3n) is 5.58. The highest BCUT2D eigenvalue weighted by atomic mass is 16.5. The van der Waals surface area contributed by atoms with E-state index in [-0.39, 0.29) is 18.1 Å². The van der Waals surface area contributed by atoms with E-state index in [9.17, 15) is 4.79 Å². The molecule has 0 saturated carbocycles. The Kier molecular flexibility index (Phi) is 5.57. The highest BCUT2D eigenvalue weighted by Crippen LogP contribution is 2.30. The summed E-state index contributed by atoms with van der Waals surface area (Å²) in [4.78, 5) is 26.3. The van der Waals surface area contributed by atoms with E-state index < -0.39 is 0 Å². The van der Waals surface area contributed by atoms with Crippen LogP contribution in [0.2, 0.25) is 0 Å². The molecule has 28 heavy (non-hydrogen) atoms. The van der Waals surface area contributed by atoms with Gasteiger partial charge in [0.1, 0.15) is 11.6 Å². The second-order valence-electron chi connectivity index (χ2n) is 7.65. The topological polar surface area (TPSA) is 58.6 Å². The minimum absolute atomic E-state index is 0.0138. The molecule has 6 nitrogen and oxygen atoms in total. The third kappa shape index (κ3) is 3.87. The second kappa shape index (κ2) is 8.27. The SMILES string of the molecule is CCCc1cnc(C)nc1N1C[C@@H]2OCCC(=O)N(Cc3ccccc3)[C@H]2C1. The minimum atomic E-state index is 0.0138. The Morgan fingerprint density at radius 2 is 2.04 bits per heavy atom. The summed E-state index contributed by atoms with van der Waals surface area (Å²) in [6.07, 6.45) is 4.42. The molecule has 2 aromatic rings. The monoisotopic (exact) mass is 380 g/mol. The number of rotatable bonds is 5. The van der Waals surface area contributed by atoms with Gasteiger partial charge in [-0.15, -0.1) is 0 Å². The number of hydrogen-bond donors (Lipinski definition) is 0. The summed E-state index contributed by atoms with van der Waals surface area (Å²) in [6, 6.07) is 10.2. The Morgan fingerprint density at radius 1 is 1.21 bits per heavy atom. The maximum absolute atomic E-state index is 12.8. The van der Waals surface area contributed by atoms with Crippen LogP contribution >= 0.6 is 0 Å². The van der Waals surface area contributed by atoms with Gasteiger partial charge in [-0.05, 0) is 18.9 Å². The fourth-order valence-corrected chi connectivity index (χ4v) is 4.21. The Balaban J connectivity index is 1.60. The molecule has 0 radical (unpaired) electrons. The molecule has 0 unspecified atom stereocenters. The van der Waals surface area contributed by atoms with E-state index in [0.717, 1.165) is 43.1 Å². The van der Waals surface area contributed by atoms with Crippen LogP contribution < -0.4 is 4.90 Å². The Labute approximate surface area is 166 Å². The first-order valence-electron chi connectivity index (χ1n) is 10.2. The molecule has 6 heteroatoms. The maximum Gasteiger partial charge on any atom is 0.225 e. The van der Waals surface area contributed by atoms with E-state index in [4.69, 9.17) is 9.72 Å². The Bertz CT molecular complexity index is 827. The van der Waals surface area contributed by atoms with Crippen molar-refractivity contribution in [1.82, 2.24) is 14.9 Å². The van der Waals surface area contributed by atoms with E-state index in [1.54, 1.807) is 0 Å². The molecule has 4 rings (SSSR count). The van der Waals surface area contributed by atoms with Crippen LogP contribution in [-0.2, 0) is 22.5 Å². The van der Waals surface area contributed by atoms with Crippen molar-refractivity contribution in [3.63, 3.8) is 0 Å². The molecule has 2 aliphatic rings. The fourth-order valence-electron chi connectivity index (χ4n) is 4.21. The number of anilines is 1. The van der Waals surface area contributed by atoms with Gasteiger partial charge in [0.15, 0.2) is 0 Å². The molecule has 2 aliphatic heterocycles. The number of ether oxygens (including phenoxy) is 1. The van der Waals surface area contributed by atoms with Crippen molar-refractivity contribution in [2.75, 3.05) is 24.6 Å². The number of amides is 1. The lowest BCUT2D eigenvalue weighted by Crippen LogP contribution is -2.45. The van der Waals surface area contributed by atoms with Crippen LogP contribution in [0.1, 0.15) is 36.7 Å².